The highest BCUT2D eigenvalue weighted by molar-refractivity contribution is 5.89. The molecule has 0 saturated carbocycles. The molecule has 0 aromatic heterocycles. The summed E-state index contributed by atoms with van der Waals surface area (Å²) >= 11 is 0. The van der Waals surface area contributed by atoms with Gasteiger partial charge in [0.25, 0.3) is 5.69 Å². The number of aromatic carboxylic acids is 1. The number of carbonyl (C=O) groups is 1. The average molecular weight is 281 g/mol. The molecule has 0 saturated heterocycles. The van der Waals surface area contributed by atoms with Crippen LogP contribution in [-0.4, -0.2) is 47.1 Å². The summed E-state index contributed by atoms with van der Waals surface area (Å²) in [7, 11) is 1.97. The van der Waals surface area contributed by atoms with E-state index in [9.17, 15) is 14.9 Å². The van der Waals surface area contributed by atoms with Crippen molar-refractivity contribution in [3.8, 4) is 0 Å². The molecule has 0 amide bonds. The third kappa shape index (κ3) is 4.20. The van der Waals surface area contributed by atoms with E-state index < -0.39 is 10.9 Å². The van der Waals surface area contributed by atoms with Gasteiger partial charge in [0.1, 0.15) is 5.69 Å². The second kappa shape index (κ2) is 6.85. The Kier molecular flexibility index (Phi) is 5.45. The first-order valence-electron chi connectivity index (χ1n) is 6.28. The molecule has 1 rings (SSSR count). The van der Waals surface area contributed by atoms with E-state index in [1.54, 1.807) is 0 Å². The first-order chi connectivity index (χ1) is 9.32. The maximum absolute atomic E-state index is 11.0. The van der Waals surface area contributed by atoms with Gasteiger partial charge in [0.2, 0.25) is 0 Å². The number of carboxylic acid groups (broad SMARTS) is 1. The highest BCUT2D eigenvalue weighted by Gasteiger charge is 2.17. The highest BCUT2D eigenvalue weighted by Crippen LogP contribution is 2.25. The van der Waals surface area contributed by atoms with Gasteiger partial charge in [-0.3, -0.25) is 10.1 Å². The molecular weight excluding hydrogens is 262 g/mol. The lowest BCUT2D eigenvalue weighted by Crippen LogP contribution is -2.31. The lowest BCUT2D eigenvalue weighted by molar-refractivity contribution is -0.384. The van der Waals surface area contributed by atoms with E-state index in [0.717, 1.165) is 12.6 Å². The molecule has 110 valence electrons. The van der Waals surface area contributed by atoms with Gasteiger partial charge in [-0.1, -0.05) is 0 Å². The minimum Gasteiger partial charge on any atom is -0.478 e. The molecular formula is C13H19N3O4. The first kappa shape index (κ1) is 15.9. The van der Waals surface area contributed by atoms with Crippen molar-refractivity contribution in [1.82, 2.24) is 4.90 Å². The number of nitro groups is 1. The standard InChI is InChI=1S/C13H19N3O4/c1-9(2)15(3)7-6-14-11-5-4-10(13(17)18)8-12(11)16(19)20/h4-5,8-9,14H,6-7H2,1-3H3,(H,17,18). The van der Waals surface area contributed by atoms with E-state index in [0.29, 0.717) is 18.3 Å². The van der Waals surface area contributed by atoms with Crippen molar-refractivity contribution in [2.75, 3.05) is 25.5 Å². The summed E-state index contributed by atoms with van der Waals surface area (Å²) in [5.41, 5.74) is 0.0100. The third-order valence-corrected chi connectivity index (χ3v) is 3.10. The fourth-order valence-corrected chi connectivity index (χ4v) is 1.59. The van der Waals surface area contributed by atoms with Crippen LogP contribution in [0.25, 0.3) is 0 Å². The Bertz CT molecular complexity index is 502. The van der Waals surface area contributed by atoms with Crippen LogP contribution in [0.15, 0.2) is 18.2 Å². The number of anilines is 1. The Morgan fingerprint density at radius 2 is 2.15 bits per heavy atom. The van der Waals surface area contributed by atoms with Gasteiger partial charge in [-0.25, -0.2) is 4.79 Å². The predicted octanol–water partition coefficient (Wildman–Crippen LogP) is 2.05. The van der Waals surface area contributed by atoms with Crippen molar-refractivity contribution in [2.45, 2.75) is 19.9 Å². The maximum atomic E-state index is 11.0. The molecule has 1 aromatic rings. The van der Waals surface area contributed by atoms with E-state index in [1.807, 2.05) is 7.05 Å². The fourth-order valence-electron chi connectivity index (χ4n) is 1.59. The maximum Gasteiger partial charge on any atom is 0.335 e. The van der Waals surface area contributed by atoms with Crippen molar-refractivity contribution in [3.05, 3.63) is 33.9 Å². The normalized spacial score (nSPS) is 10.8. The molecule has 0 aliphatic rings. The number of carboxylic acids is 1. The Morgan fingerprint density at radius 1 is 1.50 bits per heavy atom. The molecule has 0 heterocycles. The Balaban J connectivity index is 2.79. The number of nitrogens with one attached hydrogen (secondary N) is 1. The van der Waals surface area contributed by atoms with Crippen molar-refractivity contribution < 1.29 is 14.8 Å². The molecule has 1 aromatic carbocycles. The van der Waals surface area contributed by atoms with Gasteiger partial charge in [-0.2, -0.15) is 0 Å². The van der Waals surface area contributed by atoms with Gasteiger partial charge in [-0.15, -0.1) is 0 Å². The predicted molar refractivity (Wildman–Crippen MR) is 76.3 cm³/mol. The zero-order chi connectivity index (χ0) is 15.3. The van der Waals surface area contributed by atoms with Crippen LogP contribution >= 0.6 is 0 Å². The molecule has 0 bridgehead atoms. The average Bonchev–Trinajstić information content (AvgIpc) is 2.38. The van der Waals surface area contributed by atoms with Crippen molar-refractivity contribution in [1.29, 1.82) is 0 Å². The molecule has 0 aliphatic carbocycles. The van der Waals surface area contributed by atoms with Gasteiger partial charge < -0.3 is 15.3 Å². The van der Waals surface area contributed by atoms with E-state index in [1.165, 1.54) is 12.1 Å². The number of nitro benzene ring substituents is 1. The number of hydrogen-bond donors (Lipinski definition) is 2. The quantitative estimate of drug-likeness (QED) is 0.586. The summed E-state index contributed by atoms with van der Waals surface area (Å²) in [5.74, 6) is -1.18. The number of likely N-dealkylation sites (N-methyl/N-ethyl adjacent to an activating group) is 1. The fraction of sp³-hybridized carbons (Fsp3) is 0.462. The summed E-state index contributed by atoms with van der Waals surface area (Å²) in [6.45, 7) is 5.39. The monoisotopic (exact) mass is 281 g/mol. The number of hydrogen-bond acceptors (Lipinski definition) is 5. The number of nitrogens with zero attached hydrogens (tertiary/aromatic N) is 2. The van der Waals surface area contributed by atoms with Crippen LogP contribution in [-0.2, 0) is 0 Å². The van der Waals surface area contributed by atoms with Crippen LogP contribution in [0.2, 0.25) is 0 Å². The van der Waals surface area contributed by atoms with E-state index in [2.05, 4.69) is 24.1 Å². The molecule has 7 heteroatoms. The lowest BCUT2D eigenvalue weighted by atomic mass is 10.1. The van der Waals surface area contributed by atoms with Crippen LogP contribution in [0.4, 0.5) is 11.4 Å². The SMILES string of the molecule is CC(C)N(C)CCNc1ccc(C(=O)O)cc1[N+](=O)[O-]. The summed E-state index contributed by atoms with van der Waals surface area (Å²) in [6, 6.07) is 4.23. The minimum absolute atomic E-state index is 0.0958. The second-order valence-corrected chi connectivity index (χ2v) is 4.80. The lowest BCUT2D eigenvalue weighted by Gasteiger charge is -2.21. The first-order valence-corrected chi connectivity index (χ1v) is 6.28. The second-order valence-electron chi connectivity index (χ2n) is 4.80. The Morgan fingerprint density at radius 3 is 2.65 bits per heavy atom. The van der Waals surface area contributed by atoms with Crippen molar-refractivity contribution in [3.63, 3.8) is 0 Å². The Hall–Kier alpha value is -2.15. The molecule has 0 atom stereocenters. The van der Waals surface area contributed by atoms with E-state index in [-0.39, 0.29) is 11.3 Å². The molecule has 0 radical (unpaired) electrons. The van der Waals surface area contributed by atoms with Crippen LogP contribution in [0.5, 0.6) is 0 Å². The summed E-state index contributed by atoms with van der Waals surface area (Å²) in [6.07, 6.45) is 0. The molecule has 2 N–H and O–H groups in total. The molecule has 0 aliphatic heterocycles. The van der Waals surface area contributed by atoms with Crippen LogP contribution in [0, 0.1) is 10.1 Å². The molecule has 20 heavy (non-hydrogen) atoms. The van der Waals surface area contributed by atoms with Crippen molar-refractivity contribution in [2.24, 2.45) is 0 Å². The molecule has 0 spiro atoms. The molecule has 0 fully saturated rings. The van der Waals surface area contributed by atoms with Gasteiger partial charge >= 0.3 is 5.97 Å². The van der Waals surface area contributed by atoms with Crippen LogP contribution in [0.3, 0.4) is 0 Å². The zero-order valence-corrected chi connectivity index (χ0v) is 11.8. The van der Waals surface area contributed by atoms with Crippen LogP contribution in [0.1, 0.15) is 24.2 Å². The van der Waals surface area contributed by atoms with Gasteiger partial charge in [0, 0.05) is 25.2 Å². The highest BCUT2D eigenvalue weighted by atomic mass is 16.6. The summed E-state index contributed by atoms with van der Waals surface area (Å²) in [5, 5.41) is 22.8. The van der Waals surface area contributed by atoms with E-state index in [4.69, 9.17) is 5.11 Å². The summed E-state index contributed by atoms with van der Waals surface area (Å²) in [4.78, 5) is 23.3. The minimum atomic E-state index is -1.18. The van der Waals surface area contributed by atoms with Crippen molar-refractivity contribution >= 4 is 17.3 Å². The third-order valence-electron chi connectivity index (χ3n) is 3.10. The molecule has 0 unspecified atom stereocenters. The van der Waals surface area contributed by atoms with Crippen LogP contribution < -0.4 is 5.32 Å². The van der Waals surface area contributed by atoms with E-state index >= 15 is 0 Å². The molecule has 7 nitrogen and oxygen atoms in total. The summed E-state index contributed by atoms with van der Waals surface area (Å²) < 4.78 is 0. The smallest absolute Gasteiger partial charge is 0.335 e. The number of rotatable bonds is 7. The topological polar surface area (TPSA) is 95.7 Å². The zero-order valence-electron chi connectivity index (χ0n) is 11.8. The largest absolute Gasteiger partial charge is 0.478 e. The van der Waals surface area contributed by atoms with Gasteiger partial charge in [0.15, 0.2) is 0 Å². The van der Waals surface area contributed by atoms with Gasteiger partial charge in [0.05, 0.1) is 10.5 Å². The number of benzene rings is 1. The Labute approximate surface area is 117 Å². The van der Waals surface area contributed by atoms with Gasteiger partial charge in [-0.05, 0) is 33.0 Å².